The van der Waals surface area contributed by atoms with Crippen molar-refractivity contribution in [3.8, 4) is 0 Å². The van der Waals surface area contributed by atoms with Crippen molar-refractivity contribution in [3.63, 3.8) is 0 Å². The molecule has 0 aromatic rings. The summed E-state index contributed by atoms with van der Waals surface area (Å²) < 4.78 is 28.6. The van der Waals surface area contributed by atoms with E-state index in [1.54, 1.807) is 0 Å². The normalized spacial score (nSPS) is 21.7. The second-order valence-corrected chi connectivity index (χ2v) is 2.94. The molecule has 0 spiro atoms. The van der Waals surface area contributed by atoms with Crippen LogP contribution in [0.25, 0.3) is 0 Å². The van der Waals surface area contributed by atoms with Crippen LogP contribution in [0.5, 0.6) is 0 Å². The van der Waals surface area contributed by atoms with Crippen LogP contribution in [0.3, 0.4) is 0 Å². The van der Waals surface area contributed by atoms with Gasteiger partial charge in [0.05, 0.1) is 12.5 Å². The second-order valence-electron chi connectivity index (χ2n) is 1.45. The predicted molar refractivity (Wildman–Crippen MR) is 32.5 cm³/mol. The minimum Gasteiger partial charge on any atom is -0.480 e. The first kappa shape index (κ1) is 6.28. The lowest BCUT2D eigenvalue weighted by Crippen LogP contribution is -1.92. The lowest BCUT2D eigenvalue weighted by atomic mass is 10.6. The third kappa shape index (κ3) is 1.29. The highest BCUT2D eigenvalue weighted by atomic mass is 32.2. The molecule has 0 saturated heterocycles. The molecule has 1 aliphatic rings. The Kier molecular flexibility index (Phi) is 1.28. The standard InChI is InChI=1S/C4H5NO3S/c1-8-4-2-3-9(6,7)5-4/h2-3H,1H3. The molecule has 0 bridgehead atoms. The summed E-state index contributed by atoms with van der Waals surface area (Å²) in [6.07, 6.45) is 1.30. The van der Waals surface area contributed by atoms with Crippen LogP contribution in [0.1, 0.15) is 0 Å². The number of hydrogen-bond donors (Lipinski definition) is 0. The van der Waals surface area contributed by atoms with Gasteiger partial charge in [0.2, 0.25) is 5.90 Å². The fourth-order valence-corrected chi connectivity index (χ4v) is 1.17. The van der Waals surface area contributed by atoms with Crippen LogP contribution < -0.4 is 0 Å². The number of sulfonamides is 1. The average molecular weight is 147 g/mol. The fraction of sp³-hybridized carbons (Fsp3) is 0.250. The molecule has 1 rings (SSSR count). The van der Waals surface area contributed by atoms with Crippen molar-refractivity contribution in [2.24, 2.45) is 4.40 Å². The summed E-state index contributed by atoms with van der Waals surface area (Å²) in [6.45, 7) is 0. The van der Waals surface area contributed by atoms with Gasteiger partial charge in [-0.05, 0) is 0 Å². The molecule has 0 aliphatic carbocycles. The molecule has 0 atom stereocenters. The first-order valence-electron chi connectivity index (χ1n) is 2.21. The van der Waals surface area contributed by atoms with Crippen LogP contribution in [0.15, 0.2) is 15.9 Å². The van der Waals surface area contributed by atoms with E-state index < -0.39 is 10.0 Å². The summed E-state index contributed by atoms with van der Waals surface area (Å²) in [4.78, 5) is 0. The average Bonchev–Trinajstić information content (AvgIpc) is 2.10. The maximum absolute atomic E-state index is 10.4. The smallest absolute Gasteiger partial charge is 0.278 e. The van der Waals surface area contributed by atoms with Gasteiger partial charge in [0.25, 0.3) is 10.0 Å². The third-order valence-corrected chi connectivity index (χ3v) is 1.72. The SMILES string of the molecule is COC1=NS(=O)(=O)C=C1. The molecule has 1 heterocycles. The van der Waals surface area contributed by atoms with E-state index in [2.05, 4.69) is 9.13 Å². The Hall–Kier alpha value is -0.840. The Balaban J connectivity index is 3.01. The molecule has 0 radical (unpaired) electrons. The van der Waals surface area contributed by atoms with Crippen LogP contribution in [-0.4, -0.2) is 21.4 Å². The summed E-state index contributed by atoms with van der Waals surface area (Å²) >= 11 is 0. The molecule has 0 saturated carbocycles. The van der Waals surface area contributed by atoms with E-state index in [1.165, 1.54) is 13.2 Å². The zero-order valence-electron chi connectivity index (χ0n) is 4.73. The van der Waals surface area contributed by atoms with E-state index in [0.717, 1.165) is 5.41 Å². The van der Waals surface area contributed by atoms with Gasteiger partial charge in [-0.1, -0.05) is 0 Å². The van der Waals surface area contributed by atoms with Gasteiger partial charge in [0, 0.05) is 6.08 Å². The first-order chi connectivity index (χ1) is 4.14. The van der Waals surface area contributed by atoms with Crippen LogP contribution >= 0.6 is 0 Å². The van der Waals surface area contributed by atoms with Gasteiger partial charge in [0.15, 0.2) is 0 Å². The zero-order valence-corrected chi connectivity index (χ0v) is 5.55. The summed E-state index contributed by atoms with van der Waals surface area (Å²) in [6, 6.07) is 0. The van der Waals surface area contributed by atoms with Crippen LogP contribution in [-0.2, 0) is 14.8 Å². The van der Waals surface area contributed by atoms with E-state index >= 15 is 0 Å². The summed E-state index contributed by atoms with van der Waals surface area (Å²) in [7, 11) is -1.96. The maximum atomic E-state index is 10.4. The highest BCUT2D eigenvalue weighted by Gasteiger charge is 2.11. The molecule has 9 heavy (non-hydrogen) atoms. The molecule has 1 aliphatic heterocycles. The van der Waals surface area contributed by atoms with E-state index in [1.807, 2.05) is 0 Å². The summed E-state index contributed by atoms with van der Waals surface area (Å²) in [5.41, 5.74) is 0. The lowest BCUT2D eigenvalue weighted by Gasteiger charge is -1.88. The second kappa shape index (κ2) is 1.84. The molecular weight excluding hydrogens is 142 g/mol. The van der Waals surface area contributed by atoms with Crippen molar-refractivity contribution in [2.45, 2.75) is 0 Å². The Labute approximate surface area is 52.9 Å². The maximum Gasteiger partial charge on any atom is 0.278 e. The van der Waals surface area contributed by atoms with E-state index in [-0.39, 0.29) is 5.90 Å². The van der Waals surface area contributed by atoms with Gasteiger partial charge in [-0.2, -0.15) is 8.42 Å². The quantitative estimate of drug-likeness (QED) is 0.480. The fourth-order valence-electron chi connectivity index (χ4n) is 0.436. The van der Waals surface area contributed by atoms with Crippen molar-refractivity contribution in [1.82, 2.24) is 0 Å². The van der Waals surface area contributed by atoms with Gasteiger partial charge in [-0.15, -0.1) is 4.40 Å². The predicted octanol–water partition coefficient (Wildman–Crippen LogP) is -0.112. The molecule has 4 nitrogen and oxygen atoms in total. The van der Waals surface area contributed by atoms with Gasteiger partial charge in [-0.25, -0.2) is 0 Å². The highest BCUT2D eigenvalue weighted by molar-refractivity contribution is 7.93. The van der Waals surface area contributed by atoms with E-state index in [4.69, 9.17) is 0 Å². The van der Waals surface area contributed by atoms with Gasteiger partial charge >= 0.3 is 0 Å². The van der Waals surface area contributed by atoms with Gasteiger partial charge < -0.3 is 4.74 Å². The molecule has 50 valence electrons. The Bertz CT molecular complexity index is 262. The van der Waals surface area contributed by atoms with Gasteiger partial charge in [0.1, 0.15) is 0 Å². The Morgan fingerprint density at radius 3 is 2.56 bits per heavy atom. The molecule has 5 heteroatoms. The van der Waals surface area contributed by atoms with E-state index in [0.29, 0.717) is 0 Å². The van der Waals surface area contributed by atoms with Crippen molar-refractivity contribution >= 4 is 15.9 Å². The van der Waals surface area contributed by atoms with E-state index in [9.17, 15) is 8.42 Å². The Morgan fingerprint density at radius 2 is 2.33 bits per heavy atom. The van der Waals surface area contributed by atoms with Crippen LogP contribution in [0, 0.1) is 0 Å². The van der Waals surface area contributed by atoms with Crippen molar-refractivity contribution in [1.29, 1.82) is 0 Å². The molecule has 0 amide bonds. The molecule has 0 aromatic heterocycles. The number of hydrogen-bond acceptors (Lipinski definition) is 3. The number of rotatable bonds is 0. The zero-order chi connectivity index (χ0) is 6.91. The third-order valence-electron chi connectivity index (χ3n) is 0.809. The van der Waals surface area contributed by atoms with Crippen molar-refractivity contribution in [3.05, 3.63) is 11.5 Å². The molecule has 0 fully saturated rings. The lowest BCUT2D eigenvalue weighted by molar-refractivity contribution is 0.408. The minimum atomic E-state index is -3.33. The molecule has 0 N–H and O–H groups in total. The number of ether oxygens (including phenoxy) is 1. The Morgan fingerprint density at radius 1 is 1.67 bits per heavy atom. The van der Waals surface area contributed by atoms with Gasteiger partial charge in [-0.3, -0.25) is 0 Å². The van der Waals surface area contributed by atoms with Crippen LogP contribution in [0.4, 0.5) is 0 Å². The highest BCUT2D eigenvalue weighted by Crippen LogP contribution is 2.04. The number of nitrogens with zero attached hydrogens (tertiary/aromatic N) is 1. The largest absolute Gasteiger partial charge is 0.480 e. The molecule has 0 aromatic carbocycles. The summed E-state index contributed by atoms with van der Waals surface area (Å²) in [5.74, 6) is 0.134. The molecular formula is C4H5NO3S. The minimum absolute atomic E-state index is 0.134. The first-order valence-corrected chi connectivity index (χ1v) is 3.71. The number of methoxy groups -OCH3 is 1. The summed E-state index contributed by atoms with van der Waals surface area (Å²) in [5, 5.41) is 0.992. The topological polar surface area (TPSA) is 55.7 Å². The van der Waals surface area contributed by atoms with Crippen molar-refractivity contribution in [2.75, 3.05) is 7.11 Å². The van der Waals surface area contributed by atoms with Crippen molar-refractivity contribution < 1.29 is 13.2 Å². The van der Waals surface area contributed by atoms with Crippen LogP contribution in [0.2, 0.25) is 0 Å². The monoisotopic (exact) mass is 147 g/mol. The molecule has 0 unspecified atom stereocenters.